The zero-order valence-corrected chi connectivity index (χ0v) is 28.3. The fraction of sp³-hybridized carbons (Fsp3) is 0.323. The number of hydrogen-bond donors (Lipinski definition) is 0. The SMILES string of the molecule is CC1=C2c3sc(C)cc3C1[Si]2(C)C.Cc1cc2c(-c3ccc(C(C)(C)C)cc3)cccc2[cH-]1.[Cl-].[Cl-].[Zr+3]. The molecule has 187 valence electrons. The maximum Gasteiger partial charge on any atom is 3.00 e. The van der Waals surface area contributed by atoms with Crippen LogP contribution in [0.4, 0.5) is 0 Å². The predicted molar refractivity (Wildman–Crippen MR) is 150 cm³/mol. The third-order valence-electron chi connectivity index (χ3n) is 7.57. The molecule has 0 spiro atoms. The molecule has 1 atom stereocenters. The molecule has 7 rings (SSSR count). The Kier molecular flexibility index (Phi) is 9.69. The first-order chi connectivity index (χ1) is 15.5. The second-order valence-corrected chi connectivity index (χ2v) is 17.3. The molecule has 2 bridgehead atoms. The second kappa shape index (κ2) is 11.1. The van der Waals surface area contributed by atoms with E-state index in [0.717, 1.165) is 5.54 Å². The summed E-state index contributed by atoms with van der Waals surface area (Å²) in [6.07, 6.45) is 0. The van der Waals surface area contributed by atoms with Crippen molar-refractivity contribution in [1.82, 2.24) is 0 Å². The molecule has 5 heteroatoms. The van der Waals surface area contributed by atoms with Crippen LogP contribution in [0.2, 0.25) is 13.1 Å². The molecule has 3 aliphatic rings. The van der Waals surface area contributed by atoms with Gasteiger partial charge in [-0.15, -0.1) is 45.9 Å². The van der Waals surface area contributed by atoms with E-state index in [4.69, 9.17) is 0 Å². The van der Waals surface area contributed by atoms with E-state index in [1.54, 1.807) is 21.2 Å². The van der Waals surface area contributed by atoms with E-state index < -0.39 is 8.07 Å². The molecular formula is C31H35Cl2SSiZr. The number of benzene rings is 2. The van der Waals surface area contributed by atoms with Gasteiger partial charge in [0.15, 0.2) is 0 Å². The van der Waals surface area contributed by atoms with E-state index >= 15 is 0 Å². The van der Waals surface area contributed by atoms with Gasteiger partial charge in [0.05, 0.1) is 8.07 Å². The first kappa shape index (κ1) is 31.4. The molecule has 0 fully saturated rings. The second-order valence-electron chi connectivity index (χ2n) is 11.5. The summed E-state index contributed by atoms with van der Waals surface area (Å²) in [5.74, 6) is 0. The minimum atomic E-state index is -0.995. The van der Waals surface area contributed by atoms with Gasteiger partial charge in [-0.25, -0.2) is 0 Å². The van der Waals surface area contributed by atoms with Crippen molar-refractivity contribution in [3.05, 3.63) is 92.7 Å². The van der Waals surface area contributed by atoms with Crippen LogP contribution in [-0.4, -0.2) is 8.07 Å². The Hall–Kier alpha value is -0.830. The number of thiophene rings is 1. The van der Waals surface area contributed by atoms with E-state index in [0.29, 0.717) is 0 Å². The number of rotatable bonds is 1. The molecule has 4 aromatic rings. The summed E-state index contributed by atoms with van der Waals surface area (Å²) in [7, 11) is -0.995. The van der Waals surface area contributed by atoms with Gasteiger partial charge in [-0.3, -0.25) is 0 Å². The van der Waals surface area contributed by atoms with Gasteiger partial charge in [-0.1, -0.05) is 82.3 Å². The third kappa shape index (κ3) is 5.21. The van der Waals surface area contributed by atoms with Crippen LogP contribution >= 0.6 is 11.3 Å². The Morgan fingerprint density at radius 3 is 2.08 bits per heavy atom. The fourth-order valence-corrected chi connectivity index (χ4v) is 12.4. The van der Waals surface area contributed by atoms with Crippen molar-refractivity contribution in [3.63, 3.8) is 0 Å². The Balaban J connectivity index is 0.000000250. The predicted octanol–water partition coefficient (Wildman–Crippen LogP) is 3.56. The number of fused-ring (bicyclic) bond motifs is 1. The summed E-state index contributed by atoms with van der Waals surface area (Å²) in [5.41, 5.74) is 9.80. The van der Waals surface area contributed by atoms with Gasteiger partial charge in [0, 0.05) is 15.3 Å². The standard InChI is InChI=1S/C20H21.C11H14SSi.2ClH.Zr/c1-14-12-16-6-5-7-18(19(16)13-14)15-8-10-17(11-9-15)20(2,3)4;1-6-5-8-9(12-6)11-7(2)10(8)13(11,3)4;;;/h5-13H,1-4H3;5,10H,1-4H3;2*1H;/q-1;;;;+3/p-2. The maximum atomic E-state index is 2.52. The van der Waals surface area contributed by atoms with Crippen LogP contribution in [-0.2, 0) is 31.6 Å². The molecule has 1 aliphatic carbocycles. The van der Waals surface area contributed by atoms with Crippen molar-refractivity contribution in [2.45, 2.75) is 65.6 Å². The summed E-state index contributed by atoms with van der Waals surface area (Å²) in [6.45, 7) is 18.5. The zero-order valence-electron chi connectivity index (χ0n) is 22.5. The van der Waals surface area contributed by atoms with Gasteiger partial charge in [-0.05, 0) is 47.2 Å². The van der Waals surface area contributed by atoms with Gasteiger partial charge >= 0.3 is 26.2 Å². The van der Waals surface area contributed by atoms with Gasteiger partial charge < -0.3 is 24.8 Å². The van der Waals surface area contributed by atoms with Gasteiger partial charge in [0.25, 0.3) is 0 Å². The van der Waals surface area contributed by atoms with Crippen molar-refractivity contribution in [1.29, 1.82) is 0 Å². The quantitative estimate of drug-likeness (QED) is 0.223. The minimum absolute atomic E-state index is 0. The van der Waals surface area contributed by atoms with Crippen LogP contribution in [0.25, 0.3) is 27.1 Å². The van der Waals surface area contributed by atoms with Crippen molar-refractivity contribution in [3.8, 4) is 11.1 Å². The van der Waals surface area contributed by atoms with E-state index in [1.807, 2.05) is 11.3 Å². The van der Waals surface area contributed by atoms with Crippen molar-refractivity contribution >= 4 is 35.4 Å². The van der Waals surface area contributed by atoms with Crippen LogP contribution < -0.4 is 24.8 Å². The average Bonchev–Trinajstić information content (AvgIpc) is 3.41. The minimum Gasteiger partial charge on any atom is -1.00 e. The molecule has 1 radical (unpaired) electrons. The van der Waals surface area contributed by atoms with E-state index in [2.05, 4.69) is 115 Å². The van der Waals surface area contributed by atoms with Gasteiger partial charge in [-0.2, -0.15) is 6.07 Å². The number of hydrogen-bond acceptors (Lipinski definition) is 1. The molecule has 0 saturated heterocycles. The molecule has 0 saturated carbocycles. The Morgan fingerprint density at radius 2 is 1.53 bits per heavy atom. The van der Waals surface area contributed by atoms with E-state index in [1.165, 1.54) is 37.9 Å². The summed E-state index contributed by atoms with van der Waals surface area (Å²) in [4.78, 5) is 3.14. The number of aryl methyl sites for hydroxylation is 2. The first-order valence-corrected chi connectivity index (χ1v) is 16.0. The largest absolute Gasteiger partial charge is 3.00 e. The first-order valence-electron chi connectivity index (χ1n) is 12.1. The maximum absolute atomic E-state index is 2.52. The van der Waals surface area contributed by atoms with Crippen LogP contribution in [0, 0.1) is 13.8 Å². The number of halogens is 2. The third-order valence-corrected chi connectivity index (χ3v) is 13.0. The average molecular weight is 630 g/mol. The fourth-order valence-electron chi connectivity index (χ4n) is 6.08. The Bertz CT molecular complexity index is 1400. The Labute approximate surface area is 253 Å². The summed E-state index contributed by atoms with van der Waals surface area (Å²) >= 11 is 2.01. The molecule has 0 nitrogen and oxygen atoms in total. The molecule has 3 aromatic carbocycles. The van der Waals surface area contributed by atoms with Crippen molar-refractivity contribution in [2.75, 3.05) is 0 Å². The van der Waals surface area contributed by atoms with Crippen LogP contribution in [0.1, 0.15) is 59.7 Å². The van der Waals surface area contributed by atoms with Crippen LogP contribution in [0.15, 0.2) is 66.2 Å². The molecule has 3 heterocycles. The summed E-state index contributed by atoms with van der Waals surface area (Å²) in [6, 6.07) is 22.5. The normalized spacial score (nSPS) is 16.6. The monoisotopic (exact) mass is 627 g/mol. The topological polar surface area (TPSA) is 0 Å². The van der Waals surface area contributed by atoms with Crippen molar-refractivity contribution in [2.24, 2.45) is 0 Å². The molecule has 1 aromatic heterocycles. The molecule has 2 aliphatic heterocycles. The number of allylic oxidation sites excluding steroid dienone is 1. The van der Waals surface area contributed by atoms with E-state index in [9.17, 15) is 0 Å². The van der Waals surface area contributed by atoms with Crippen LogP contribution in [0.3, 0.4) is 0 Å². The molecule has 1 unspecified atom stereocenters. The van der Waals surface area contributed by atoms with Crippen molar-refractivity contribution < 1.29 is 51.0 Å². The zero-order chi connectivity index (χ0) is 23.7. The molecule has 0 amide bonds. The molecular weight excluding hydrogens is 595 g/mol. The molecule has 36 heavy (non-hydrogen) atoms. The molecule has 0 N–H and O–H groups in total. The van der Waals surface area contributed by atoms with Gasteiger partial charge in [0.1, 0.15) is 0 Å². The van der Waals surface area contributed by atoms with Crippen LogP contribution in [0.5, 0.6) is 0 Å². The Morgan fingerprint density at radius 1 is 0.889 bits per heavy atom. The summed E-state index contributed by atoms with van der Waals surface area (Å²) in [5, 5.41) is 4.47. The van der Waals surface area contributed by atoms with Gasteiger partial charge in [0.2, 0.25) is 0 Å². The van der Waals surface area contributed by atoms with E-state index in [-0.39, 0.29) is 56.4 Å². The summed E-state index contributed by atoms with van der Waals surface area (Å²) < 4.78 is 0. The smallest absolute Gasteiger partial charge is 1.00 e.